The van der Waals surface area contributed by atoms with Crippen LogP contribution in [0.5, 0.6) is 5.75 Å². The average Bonchev–Trinajstić information content (AvgIpc) is 3.17. The van der Waals surface area contributed by atoms with Gasteiger partial charge in [-0.2, -0.15) is 11.3 Å². The van der Waals surface area contributed by atoms with Gasteiger partial charge in [-0.25, -0.2) is 0 Å². The number of nitrogens with one attached hydrogen (secondary N) is 2. The quantitative estimate of drug-likeness (QED) is 0.586. The molecule has 3 aromatic rings. The van der Waals surface area contributed by atoms with E-state index in [-0.39, 0.29) is 21.8 Å². The van der Waals surface area contributed by atoms with Crippen LogP contribution in [0.3, 0.4) is 0 Å². The molecule has 0 aliphatic carbocycles. The molecule has 0 bridgehead atoms. The molecule has 0 fully saturated rings. The van der Waals surface area contributed by atoms with E-state index in [1.165, 1.54) is 11.3 Å². The number of aromatic nitrogens is 2. The molecule has 2 N–H and O–H groups in total. The fourth-order valence-corrected chi connectivity index (χ4v) is 3.24. The zero-order valence-corrected chi connectivity index (χ0v) is 16.7. The lowest BCUT2D eigenvalue weighted by Crippen LogP contribution is -2.46. The number of hydrogen-bond acceptors (Lipinski definition) is 5. The lowest BCUT2D eigenvalue weighted by atomic mass is 10.2. The highest BCUT2D eigenvalue weighted by molar-refractivity contribution is 7.08. The molecule has 0 amide bonds. The number of thiophene rings is 1. The Balaban J connectivity index is 1.77. The van der Waals surface area contributed by atoms with Crippen molar-refractivity contribution in [3.63, 3.8) is 0 Å². The fourth-order valence-electron chi connectivity index (χ4n) is 2.62. The zero-order chi connectivity index (χ0) is 19.9. The molecular formula is C21H23N3O3S. The molecule has 0 atom stereocenters. The Hall–Kier alpha value is -2.90. The predicted octanol–water partition coefficient (Wildman–Crippen LogP) is 1.11. The van der Waals surface area contributed by atoms with E-state index in [1.807, 2.05) is 55.2 Å². The van der Waals surface area contributed by atoms with Gasteiger partial charge < -0.3 is 19.6 Å². The highest BCUT2D eigenvalue weighted by atomic mass is 32.1. The molecule has 0 aliphatic heterocycles. The molecule has 7 heteroatoms. The van der Waals surface area contributed by atoms with Crippen molar-refractivity contribution >= 4 is 23.5 Å². The highest BCUT2D eigenvalue weighted by Crippen LogP contribution is 2.12. The second kappa shape index (κ2) is 9.34. The van der Waals surface area contributed by atoms with Gasteiger partial charge in [0.2, 0.25) is 0 Å². The predicted molar refractivity (Wildman–Crippen MR) is 113 cm³/mol. The summed E-state index contributed by atoms with van der Waals surface area (Å²) in [4.78, 5) is 32.0. The Kier molecular flexibility index (Phi) is 6.62. The molecule has 6 nitrogen and oxygen atoms in total. The maximum Gasteiger partial charge on any atom is 0.272 e. The normalized spacial score (nSPS) is 12.7. The van der Waals surface area contributed by atoms with Gasteiger partial charge in [-0.05, 0) is 72.8 Å². The summed E-state index contributed by atoms with van der Waals surface area (Å²) in [7, 11) is 4.06. The van der Waals surface area contributed by atoms with Crippen LogP contribution in [0.1, 0.15) is 17.5 Å². The summed E-state index contributed by atoms with van der Waals surface area (Å²) in [6.45, 7) is 1.62. The monoisotopic (exact) mass is 397 g/mol. The summed E-state index contributed by atoms with van der Waals surface area (Å²) in [5.74, 6) is 0.777. The van der Waals surface area contributed by atoms with Crippen LogP contribution in [0.2, 0.25) is 0 Å². The van der Waals surface area contributed by atoms with Gasteiger partial charge in [-0.15, -0.1) is 0 Å². The number of benzene rings is 1. The molecule has 0 radical (unpaired) electrons. The van der Waals surface area contributed by atoms with Gasteiger partial charge in [0.25, 0.3) is 11.1 Å². The van der Waals surface area contributed by atoms with Gasteiger partial charge in [0.05, 0.1) is 6.61 Å². The molecule has 2 heterocycles. The summed E-state index contributed by atoms with van der Waals surface area (Å²) in [6.07, 6.45) is 4.25. The topological polar surface area (TPSA) is 78.2 Å². The smallest absolute Gasteiger partial charge is 0.272 e. The average molecular weight is 398 g/mol. The Labute approximate surface area is 166 Å². The lowest BCUT2D eigenvalue weighted by Gasteiger charge is -2.10. The number of hydrogen-bond donors (Lipinski definition) is 2. The Morgan fingerprint density at radius 1 is 0.964 bits per heavy atom. The van der Waals surface area contributed by atoms with E-state index in [4.69, 9.17) is 4.74 Å². The van der Waals surface area contributed by atoms with E-state index in [2.05, 4.69) is 14.9 Å². The van der Waals surface area contributed by atoms with E-state index >= 15 is 0 Å². The molecule has 0 unspecified atom stereocenters. The van der Waals surface area contributed by atoms with Crippen LogP contribution in [0.4, 0.5) is 0 Å². The first-order valence-electron chi connectivity index (χ1n) is 8.97. The second-order valence-corrected chi connectivity index (χ2v) is 7.44. The standard InChI is InChI=1S/C21H23N3O3S/c1-24(2)9-3-10-27-17-6-4-15(5-7-17)12-18-20(25)23-19(21(26)22-18)13-16-8-11-28-14-16/h4-8,11-14H,3,9-10H2,1-2H3,(H,22,26)(H,23,25). The highest BCUT2D eigenvalue weighted by Gasteiger charge is 1.99. The van der Waals surface area contributed by atoms with E-state index in [9.17, 15) is 9.59 Å². The van der Waals surface area contributed by atoms with Crippen LogP contribution in [-0.4, -0.2) is 42.1 Å². The van der Waals surface area contributed by atoms with Crippen molar-refractivity contribution in [3.05, 3.63) is 83.6 Å². The first-order chi connectivity index (χ1) is 13.5. The number of ether oxygens (including phenoxy) is 1. The SMILES string of the molecule is CN(C)CCCOc1ccc(C=c2[nH]c(=O)c(=Cc3ccsc3)[nH]c2=O)cc1. The largest absolute Gasteiger partial charge is 0.494 e. The van der Waals surface area contributed by atoms with Crippen molar-refractivity contribution in [2.75, 3.05) is 27.2 Å². The third-order valence-corrected chi connectivity index (χ3v) is 4.75. The third kappa shape index (κ3) is 5.55. The Morgan fingerprint density at radius 2 is 1.61 bits per heavy atom. The van der Waals surface area contributed by atoms with Crippen LogP contribution >= 0.6 is 11.3 Å². The number of aromatic amines is 2. The first-order valence-corrected chi connectivity index (χ1v) is 9.91. The summed E-state index contributed by atoms with van der Waals surface area (Å²) < 4.78 is 5.70. The zero-order valence-electron chi connectivity index (χ0n) is 15.9. The molecule has 146 valence electrons. The molecule has 0 spiro atoms. The third-order valence-electron chi connectivity index (χ3n) is 4.05. The minimum Gasteiger partial charge on any atom is -0.494 e. The van der Waals surface area contributed by atoms with Crippen LogP contribution in [0, 0.1) is 0 Å². The second-order valence-electron chi connectivity index (χ2n) is 6.66. The maximum atomic E-state index is 12.3. The molecule has 0 aliphatic rings. The van der Waals surface area contributed by atoms with Crippen LogP contribution in [0.25, 0.3) is 12.2 Å². The molecule has 0 saturated heterocycles. The van der Waals surface area contributed by atoms with Crippen LogP contribution < -0.4 is 26.6 Å². The summed E-state index contributed by atoms with van der Waals surface area (Å²) in [6, 6.07) is 9.29. The Bertz CT molecular complexity index is 1130. The van der Waals surface area contributed by atoms with Crippen LogP contribution in [0.15, 0.2) is 50.7 Å². The maximum absolute atomic E-state index is 12.3. The van der Waals surface area contributed by atoms with E-state index in [0.717, 1.165) is 29.8 Å². The minimum absolute atomic E-state index is 0.215. The van der Waals surface area contributed by atoms with E-state index in [0.29, 0.717) is 6.61 Å². The van der Waals surface area contributed by atoms with E-state index < -0.39 is 0 Å². The minimum atomic E-state index is -0.343. The van der Waals surface area contributed by atoms with Crippen molar-refractivity contribution in [1.82, 2.24) is 14.9 Å². The summed E-state index contributed by atoms with van der Waals surface area (Å²) in [5, 5.41) is 4.27. The van der Waals surface area contributed by atoms with Crippen molar-refractivity contribution in [2.45, 2.75) is 6.42 Å². The van der Waals surface area contributed by atoms with Gasteiger partial charge in [-0.3, -0.25) is 9.59 Å². The summed E-state index contributed by atoms with van der Waals surface area (Å²) in [5.41, 5.74) is 1.00. The molecule has 28 heavy (non-hydrogen) atoms. The van der Waals surface area contributed by atoms with Gasteiger partial charge in [0.15, 0.2) is 0 Å². The van der Waals surface area contributed by atoms with E-state index in [1.54, 1.807) is 12.2 Å². The van der Waals surface area contributed by atoms with Gasteiger partial charge in [0, 0.05) is 6.54 Å². The lowest BCUT2D eigenvalue weighted by molar-refractivity contribution is 0.281. The molecule has 1 aromatic carbocycles. The van der Waals surface area contributed by atoms with Crippen molar-refractivity contribution < 1.29 is 4.74 Å². The van der Waals surface area contributed by atoms with Crippen molar-refractivity contribution in [2.24, 2.45) is 0 Å². The van der Waals surface area contributed by atoms with Gasteiger partial charge in [0.1, 0.15) is 16.4 Å². The molecule has 2 aromatic heterocycles. The first kappa shape index (κ1) is 19.9. The van der Waals surface area contributed by atoms with Gasteiger partial charge >= 0.3 is 0 Å². The van der Waals surface area contributed by atoms with Crippen molar-refractivity contribution in [1.29, 1.82) is 0 Å². The Morgan fingerprint density at radius 3 is 2.18 bits per heavy atom. The molecule has 3 rings (SSSR count). The summed E-state index contributed by atoms with van der Waals surface area (Å²) >= 11 is 1.53. The number of H-pyrrole nitrogens is 2. The molecular weight excluding hydrogens is 374 g/mol. The van der Waals surface area contributed by atoms with Crippen LogP contribution in [-0.2, 0) is 0 Å². The molecule has 0 saturated carbocycles. The van der Waals surface area contributed by atoms with Gasteiger partial charge in [-0.1, -0.05) is 12.1 Å². The van der Waals surface area contributed by atoms with Crippen molar-refractivity contribution in [3.8, 4) is 5.75 Å². The fraction of sp³-hybridized carbons (Fsp3) is 0.238. The number of nitrogens with zero attached hydrogens (tertiary/aromatic N) is 1. The number of rotatable bonds is 7.